The van der Waals surface area contributed by atoms with Gasteiger partial charge in [-0.1, -0.05) is 13.8 Å². The molecular formula is C9H22N4. The van der Waals surface area contributed by atoms with E-state index in [1.165, 1.54) is 12.8 Å². The molecule has 1 fully saturated rings. The van der Waals surface area contributed by atoms with Gasteiger partial charge in [0.2, 0.25) is 0 Å². The van der Waals surface area contributed by atoms with Crippen molar-refractivity contribution < 1.29 is 0 Å². The first-order valence-electron chi connectivity index (χ1n) is 5.05. The van der Waals surface area contributed by atoms with Crippen LogP contribution in [0, 0.1) is 0 Å². The van der Waals surface area contributed by atoms with E-state index in [1.807, 2.05) is 19.2 Å². The maximum atomic E-state index is 3.52. The summed E-state index contributed by atoms with van der Waals surface area (Å²) in [6, 6.07) is 1.95. The van der Waals surface area contributed by atoms with E-state index in [0.717, 1.165) is 0 Å². The van der Waals surface area contributed by atoms with Crippen LogP contribution in [0.25, 0.3) is 0 Å². The number of rotatable bonds is 5. The molecule has 3 N–H and O–H groups in total. The minimum absolute atomic E-state index is 0.605. The lowest BCUT2D eigenvalue weighted by Gasteiger charge is -2.39. The summed E-state index contributed by atoms with van der Waals surface area (Å²) in [5.41, 5.74) is 6.37. The fourth-order valence-corrected chi connectivity index (χ4v) is 1.67. The average Bonchev–Trinajstić information content (AvgIpc) is 1.99. The van der Waals surface area contributed by atoms with Gasteiger partial charge in [0.15, 0.2) is 0 Å². The fraction of sp³-hybridized carbons (Fsp3) is 1.00. The number of nitrogens with zero attached hydrogens (tertiary/aromatic N) is 1. The Morgan fingerprint density at radius 3 is 2.31 bits per heavy atom. The molecule has 0 aromatic rings. The molecule has 0 atom stereocenters. The van der Waals surface area contributed by atoms with Crippen molar-refractivity contribution in [3.63, 3.8) is 0 Å². The van der Waals surface area contributed by atoms with E-state index in [1.54, 1.807) is 0 Å². The van der Waals surface area contributed by atoms with Gasteiger partial charge in [0.1, 0.15) is 0 Å². The Morgan fingerprint density at radius 2 is 1.85 bits per heavy atom. The summed E-state index contributed by atoms with van der Waals surface area (Å²) in [6.07, 6.45) is 2.45. The Bertz CT molecular complexity index is 143. The van der Waals surface area contributed by atoms with Crippen LogP contribution in [0.5, 0.6) is 0 Å². The van der Waals surface area contributed by atoms with Crippen molar-refractivity contribution in [1.29, 1.82) is 0 Å². The first-order chi connectivity index (χ1) is 6.11. The molecule has 0 bridgehead atoms. The Morgan fingerprint density at radius 1 is 1.23 bits per heavy atom. The number of hydrazine groups is 2. The van der Waals surface area contributed by atoms with Crippen molar-refractivity contribution in [3.8, 4) is 0 Å². The molecule has 0 aromatic carbocycles. The van der Waals surface area contributed by atoms with E-state index in [2.05, 4.69) is 30.0 Å². The monoisotopic (exact) mass is 186 g/mol. The average molecular weight is 186 g/mol. The second-order valence-electron chi connectivity index (χ2n) is 4.10. The standard InChI is InChI=1S/C9H22N4/c1-7(2)11-8-5-9(6-8)12-13(4)10-3/h7-12H,5-6H2,1-4H3. The van der Waals surface area contributed by atoms with Gasteiger partial charge in [-0.05, 0) is 12.8 Å². The van der Waals surface area contributed by atoms with Crippen LogP contribution in [-0.2, 0) is 0 Å². The van der Waals surface area contributed by atoms with Gasteiger partial charge in [0.05, 0.1) is 0 Å². The molecule has 0 aromatic heterocycles. The molecule has 0 aliphatic heterocycles. The molecule has 0 amide bonds. The minimum atomic E-state index is 0.605. The second kappa shape index (κ2) is 4.91. The quantitative estimate of drug-likeness (QED) is 0.532. The molecule has 0 unspecified atom stereocenters. The van der Waals surface area contributed by atoms with Crippen LogP contribution in [-0.4, -0.2) is 37.3 Å². The van der Waals surface area contributed by atoms with Crippen LogP contribution < -0.4 is 16.2 Å². The highest BCUT2D eigenvalue weighted by Crippen LogP contribution is 2.20. The predicted octanol–water partition coefficient (Wildman–Crippen LogP) is 0.0862. The van der Waals surface area contributed by atoms with Gasteiger partial charge in [-0.15, -0.1) is 0 Å². The summed E-state index contributed by atoms with van der Waals surface area (Å²) >= 11 is 0. The third kappa shape index (κ3) is 3.60. The van der Waals surface area contributed by atoms with E-state index in [9.17, 15) is 0 Å². The van der Waals surface area contributed by atoms with Crippen LogP contribution >= 0.6 is 0 Å². The Kier molecular flexibility index (Phi) is 4.12. The van der Waals surface area contributed by atoms with Crippen LogP contribution in [0.4, 0.5) is 0 Å². The van der Waals surface area contributed by atoms with Crippen molar-refractivity contribution in [2.45, 2.75) is 44.8 Å². The Labute approximate surface area is 81.0 Å². The molecule has 1 aliphatic rings. The van der Waals surface area contributed by atoms with E-state index in [0.29, 0.717) is 18.1 Å². The maximum absolute atomic E-state index is 3.52. The van der Waals surface area contributed by atoms with Gasteiger partial charge in [-0.25, -0.2) is 10.9 Å². The highest BCUT2D eigenvalue weighted by Gasteiger charge is 2.29. The molecule has 0 radical (unpaired) electrons. The zero-order valence-electron chi connectivity index (χ0n) is 9.09. The Balaban J connectivity index is 2.05. The summed E-state index contributed by atoms with van der Waals surface area (Å²) in [7, 11) is 3.90. The van der Waals surface area contributed by atoms with E-state index in [-0.39, 0.29) is 0 Å². The molecular weight excluding hydrogens is 164 g/mol. The Hall–Kier alpha value is -0.160. The van der Waals surface area contributed by atoms with E-state index >= 15 is 0 Å². The summed E-state index contributed by atoms with van der Waals surface area (Å²) in [5, 5.41) is 5.43. The SMILES string of the molecule is CNN(C)NC1CC(NC(C)C)C1. The molecule has 1 saturated carbocycles. The zero-order valence-corrected chi connectivity index (χ0v) is 9.09. The van der Waals surface area contributed by atoms with Crippen molar-refractivity contribution >= 4 is 0 Å². The minimum Gasteiger partial charge on any atom is -0.312 e. The summed E-state index contributed by atoms with van der Waals surface area (Å²) in [4.78, 5) is 0. The lowest BCUT2D eigenvalue weighted by molar-refractivity contribution is 0.0901. The molecule has 0 spiro atoms. The molecule has 0 saturated heterocycles. The van der Waals surface area contributed by atoms with Crippen molar-refractivity contribution in [2.75, 3.05) is 14.1 Å². The molecule has 4 heteroatoms. The van der Waals surface area contributed by atoms with Gasteiger partial charge >= 0.3 is 0 Å². The maximum Gasteiger partial charge on any atom is 0.0258 e. The van der Waals surface area contributed by atoms with Gasteiger partial charge in [0, 0.05) is 32.2 Å². The van der Waals surface area contributed by atoms with Crippen LogP contribution in [0.2, 0.25) is 0 Å². The number of hydrogen-bond donors (Lipinski definition) is 3. The largest absolute Gasteiger partial charge is 0.312 e. The summed E-state index contributed by atoms with van der Waals surface area (Å²) in [5.74, 6) is 0. The van der Waals surface area contributed by atoms with Crippen molar-refractivity contribution in [2.24, 2.45) is 0 Å². The first-order valence-corrected chi connectivity index (χ1v) is 5.05. The van der Waals surface area contributed by atoms with Gasteiger partial charge in [0.25, 0.3) is 0 Å². The van der Waals surface area contributed by atoms with Crippen LogP contribution in [0.1, 0.15) is 26.7 Å². The normalized spacial score (nSPS) is 28.2. The molecule has 1 aliphatic carbocycles. The highest BCUT2D eigenvalue weighted by atomic mass is 15.7. The molecule has 0 heterocycles. The number of nitrogens with one attached hydrogen (secondary N) is 3. The third-order valence-electron chi connectivity index (χ3n) is 2.42. The van der Waals surface area contributed by atoms with E-state index in [4.69, 9.17) is 0 Å². The zero-order chi connectivity index (χ0) is 9.84. The lowest BCUT2D eigenvalue weighted by Crippen LogP contribution is -2.58. The predicted molar refractivity (Wildman–Crippen MR) is 55.0 cm³/mol. The molecule has 13 heavy (non-hydrogen) atoms. The number of hydrogen-bond acceptors (Lipinski definition) is 4. The van der Waals surface area contributed by atoms with Crippen molar-refractivity contribution in [3.05, 3.63) is 0 Å². The second-order valence-corrected chi connectivity index (χ2v) is 4.10. The lowest BCUT2D eigenvalue weighted by atomic mass is 9.87. The van der Waals surface area contributed by atoms with Crippen LogP contribution in [0.3, 0.4) is 0 Å². The highest BCUT2D eigenvalue weighted by molar-refractivity contribution is 4.89. The van der Waals surface area contributed by atoms with Crippen LogP contribution in [0.15, 0.2) is 0 Å². The molecule has 78 valence electrons. The van der Waals surface area contributed by atoms with Gasteiger partial charge < -0.3 is 5.32 Å². The smallest absolute Gasteiger partial charge is 0.0258 e. The van der Waals surface area contributed by atoms with Crippen molar-refractivity contribution in [1.82, 2.24) is 21.3 Å². The van der Waals surface area contributed by atoms with E-state index < -0.39 is 0 Å². The van der Waals surface area contributed by atoms with Gasteiger partial charge in [-0.2, -0.15) is 5.12 Å². The molecule has 1 rings (SSSR count). The topological polar surface area (TPSA) is 39.3 Å². The third-order valence-corrected chi connectivity index (χ3v) is 2.42. The van der Waals surface area contributed by atoms with Gasteiger partial charge in [-0.3, -0.25) is 0 Å². The summed E-state index contributed by atoms with van der Waals surface area (Å²) < 4.78 is 0. The molecule has 4 nitrogen and oxygen atoms in total. The first kappa shape index (κ1) is 10.9. The fourth-order valence-electron chi connectivity index (χ4n) is 1.67. The summed E-state index contributed by atoms with van der Waals surface area (Å²) in [6.45, 7) is 4.39.